The van der Waals surface area contributed by atoms with Crippen LogP contribution in [0, 0.1) is 0 Å². The minimum atomic E-state index is -0.594. The second-order valence-corrected chi connectivity index (χ2v) is 5.75. The van der Waals surface area contributed by atoms with Crippen LogP contribution in [-0.4, -0.2) is 49.2 Å². The lowest BCUT2D eigenvalue weighted by atomic mass is 10.00. The van der Waals surface area contributed by atoms with Gasteiger partial charge < -0.3 is 10.1 Å². The quantitative estimate of drug-likeness (QED) is 0.686. The molecule has 0 aliphatic heterocycles. The van der Waals surface area contributed by atoms with Crippen LogP contribution in [0.2, 0.25) is 0 Å². The number of nitrogens with one attached hydrogen (secondary N) is 1. The predicted molar refractivity (Wildman–Crippen MR) is 78.2 cm³/mol. The summed E-state index contributed by atoms with van der Waals surface area (Å²) in [5, 5.41) is 3.37. The first-order valence-corrected chi connectivity index (χ1v) is 7.64. The second-order valence-electron chi connectivity index (χ2n) is 5.75. The lowest BCUT2D eigenvalue weighted by Gasteiger charge is -2.36. The fourth-order valence-corrected chi connectivity index (χ4v) is 2.99. The number of carbonyl (C=O) groups excluding carboxylic acids is 1. The van der Waals surface area contributed by atoms with Crippen LogP contribution in [0.4, 0.5) is 0 Å². The highest BCUT2D eigenvalue weighted by atomic mass is 16.5. The highest BCUT2D eigenvalue weighted by Gasteiger charge is 2.37. The molecule has 0 bridgehead atoms. The summed E-state index contributed by atoms with van der Waals surface area (Å²) in [6, 6.07) is 0.636. The number of likely N-dealkylation sites (N-methyl/N-ethyl adjacent to an activating group) is 1. The van der Waals surface area contributed by atoms with E-state index in [-0.39, 0.29) is 5.97 Å². The summed E-state index contributed by atoms with van der Waals surface area (Å²) in [7, 11) is 1.47. The Balaban J connectivity index is 2.70. The average Bonchev–Trinajstić information content (AvgIpc) is 2.95. The molecule has 1 rings (SSSR count). The second kappa shape index (κ2) is 7.85. The van der Waals surface area contributed by atoms with Crippen LogP contribution < -0.4 is 5.32 Å². The van der Waals surface area contributed by atoms with Crippen LogP contribution in [0.25, 0.3) is 0 Å². The topological polar surface area (TPSA) is 41.6 Å². The highest BCUT2D eigenvalue weighted by molar-refractivity contribution is 5.80. The molecule has 0 heterocycles. The molecule has 1 atom stereocenters. The summed E-state index contributed by atoms with van der Waals surface area (Å²) >= 11 is 0. The van der Waals surface area contributed by atoms with E-state index in [1.165, 1.54) is 32.8 Å². The molecule has 1 fully saturated rings. The zero-order valence-electron chi connectivity index (χ0n) is 13.0. The molecule has 1 aliphatic carbocycles. The molecule has 1 saturated carbocycles. The largest absolute Gasteiger partial charge is 0.468 e. The van der Waals surface area contributed by atoms with Gasteiger partial charge in [-0.15, -0.1) is 0 Å². The van der Waals surface area contributed by atoms with Gasteiger partial charge in [-0.1, -0.05) is 26.7 Å². The van der Waals surface area contributed by atoms with Crippen LogP contribution in [0.3, 0.4) is 0 Å². The van der Waals surface area contributed by atoms with Crippen molar-refractivity contribution in [1.29, 1.82) is 0 Å². The molecule has 0 aromatic rings. The normalized spacial score (nSPS) is 19.6. The maximum atomic E-state index is 12.1. The smallest absolute Gasteiger partial charge is 0.327 e. The summed E-state index contributed by atoms with van der Waals surface area (Å²) in [5.74, 6) is -0.155. The molecule has 0 radical (unpaired) electrons. The standard InChI is InChI=1S/C15H30N2O2/c1-5-11-16-15(3,14(18)19-4)12-17(6-2)13-9-7-8-10-13/h13,16H,5-12H2,1-4H3. The van der Waals surface area contributed by atoms with E-state index in [1.54, 1.807) is 0 Å². The average molecular weight is 270 g/mol. The molecule has 112 valence electrons. The monoisotopic (exact) mass is 270 g/mol. The van der Waals surface area contributed by atoms with Crippen LogP contribution in [0.1, 0.15) is 52.9 Å². The number of esters is 1. The van der Waals surface area contributed by atoms with Gasteiger partial charge in [-0.05, 0) is 39.3 Å². The first-order valence-electron chi connectivity index (χ1n) is 7.64. The first-order chi connectivity index (χ1) is 9.07. The molecule has 19 heavy (non-hydrogen) atoms. The van der Waals surface area contributed by atoms with Crippen molar-refractivity contribution in [2.75, 3.05) is 26.7 Å². The molecule has 1 unspecified atom stereocenters. The van der Waals surface area contributed by atoms with E-state index in [2.05, 4.69) is 24.1 Å². The van der Waals surface area contributed by atoms with Crippen molar-refractivity contribution in [2.24, 2.45) is 0 Å². The molecule has 0 saturated heterocycles. The van der Waals surface area contributed by atoms with Crippen LogP contribution in [-0.2, 0) is 9.53 Å². The third-order valence-electron chi connectivity index (χ3n) is 4.17. The zero-order chi connectivity index (χ0) is 14.3. The zero-order valence-corrected chi connectivity index (χ0v) is 13.0. The van der Waals surface area contributed by atoms with Gasteiger partial charge in [0, 0.05) is 12.6 Å². The van der Waals surface area contributed by atoms with E-state index >= 15 is 0 Å². The minimum Gasteiger partial charge on any atom is -0.468 e. The number of carbonyl (C=O) groups is 1. The Hall–Kier alpha value is -0.610. The van der Waals surface area contributed by atoms with Crippen molar-refractivity contribution in [3.63, 3.8) is 0 Å². The Bertz CT molecular complexity index is 277. The molecule has 1 aliphatic rings. The summed E-state index contributed by atoms with van der Waals surface area (Å²) in [6.07, 6.45) is 6.18. The van der Waals surface area contributed by atoms with E-state index in [0.29, 0.717) is 6.04 Å². The van der Waals surface area contributed by atoms with Crippen molar-refractivity contribution in [3.8, 4) is 0 Å². The highest BCUT2D eigenvalue weighted by Crippen LogP contribution is 2.25. The van der Waals surface area contributed by atoms with Gasteiger partial charge in [0.2, 0.25) is 0 Å². The Morgan fingerprint density at radius 2 is 2.00 bits per heavy atom. The molecule has 0 spiro atoms. The van der Waals surface area contributed by atoms with Gasteiger partial charge in [0.15, 0.2) is 0 Å². The Labute approximate surface area is 117 Å². The van der Waals surface area contributed by atoms with Gasteiger partial charge in [0.1, 0.15) is 5.54 Å². The molecule has 4 nitrogen and oxygen atoms in total. The lowest BCUT2D eigenvalue weighted by Crippen LogP contribution is -2.58. The van der Waals surface area contributed by atoms with Gasteiger partial charge in [-0.25, -0.2) is 0 Å². The van der Waals surface area contributed by atoms with Crippen molar-refractivity contribution >= 4 is 5.97 Å². The molecule has 1 N–H and O–H groups in total. The number of rotatable bonds is 8. The van der Waals surface area contributed by atoms with E-state index in [1.807, 2.05) is 6.92 Å². The first kappa shape index (κ1) is 16.4. The number of nitrogens with zero attached hydrogens (tertiary/aromatic N) is 1. The van der Waals surface area contributed by atoms with E-state index in [9.17, 15) is 4.79 Å². The predicted octanol–water partition coefficient (Wildman–Crippen LogP) is 2.18. The minimum absolute atomic E-state index is 0.155. The number of ether oxygens (including phenoxy) is 1. The van der Waals surface area contributed by atoms with Gasteiger partial charge in [-0.3, -0.25) is 9.69 Å². The third-order valence-corrected chi connectivity index (χ3v) is 4.17. The number of hydrogen-bond donors (Lipinski definition) is 1. The molecule has 0 aromatic carbocycles. The Morgan fingerprint density at radius 1 is 1.37 bits per heavy atom. The molecular formula is C15H30N2O2. The van der Waals surface area contributed by atoms with Crippen LogP contribution in [0.5, 0.6) is 0 Å². The SMILES string of the molecule is CCCNC(C)(CN(CC)C1CCCC1)C(=O)OC. The van der Waals surface area contributed by atoms with Crippen molar-refractivity contribution in [1.82, 2.24) is 10.2 Å². The summed E-state index contributed by atoms with van der Waals surface area (Å²) in [6.45, 7) is 8.82. The number of hydrogen-bond acceptors (Lipinski definition) is 4. The van der Waals surface area contributed by atoms with Crippen LogP contribution >= 0.6 is 0 Å². The van der Waals surface area contributed by atoms with Crippen molar-refractivity contribution < 1.29 is 9.53 Å². The van der Waals surface area contributed by atoms with Crippen molar-refractivity contribution in [2.45, 2.75) is 64.5 Å². The maximum absolute atomic E-state index is 12.1. The Kier molecular flexibility index (Phi) is 6.80. The fraction of sp³-hybridized carbons (Fsp3) is 0.933. The van der Waals surface area contributed by atoms with E-state index in [4.69, 9.17) is 4.74 Å². The summed E-state index contributed by atoms with van der Waals surface area (Å²) < 4.78 is 4.99. The fourth-order valence-electron chi connectivity index (χ4n) is 2.99. The van der Waals surface area contributed by atoms with Gasteiger partial charge in [0.05, 0.1) is 7.11 Å². The number of methoxy groups -OCH3 is 1. The molecule has 0 aromatic heterocycles. The summed E-state index contributed by atoms with van der Waals surface area (Å²) in [4.78, 5) is 14.5. The van der Waals surface area contributed by atoms with Crippen LogP contribution in [0.15, 0.2) is 0 Å². The maximum Gasteiger partial charge on any atom is 0.327 e. The lowest BCUT2D eigenvalue weighted by molar-refractivity contribution is -0.149. The van der Waals surface area contributed by atoms with Gasteiger partial charge in [0.25, 0.3) is 0 Å². The summed E-state index contributed by atoms with van der Waals surface area (Å²) in [5.41, 5.74) is -0.594. The van der Waals surface area contributed by atoms with Gasteiger partial charge >= 0.3 is 5.97 Å². The third kappa shape index (κ3) is 4.46. The van der Waals surface area contributed by atoms with Crippen molar-refractivity contribution in [3.05, 3.63) is 0 Å². The Morgan fingerprint density at radius 3 is 2.47 bits per heavy atom. The van der Waals surface area contributed by atoms with Gasteiger partial charge in [-0.2, -0.15) is 0 Å². The molecular weight excluding hydrogens is 240 g/mol. The van der Waals surface area contributed by atoms with E-state index in [0.717, 1.165) is 26.1 Å². The van der Waals surface area contributed by atoms with E-state index < -0.39 is 5.54 Å². The molecule has 0 amide bonds. The molecule has 4 heteroatoms.